The normalized spacial score (nSPS) is 15.5. The summed E-state index contributed by atoms with van der Waals surface area (Å²) in [6.45, 7) is 0. The van der Waals surface area contributed by atoms with Gasteiger partial charge in [0.15, 0.2) is 11.5 Å². The summed E-state index contributed by atoms with van der Waals surface area (Å²) in [5, 5.41) is 32.1. The molecule has 5 rings (SSSR count). The topological polar surface area (TPSA) is 110 Å². The number of benzene rings is 3. The van der Waals surface area contributed by atoms with Gasteiger partial charge in [-0.3, -0.25) is 4.79 Å². The molecule has 1 aromatic heterocycles. The van der Waals surface area contributed by atoms with E-state index in [1.165, 1.54) is 30.1 Å². The van der Waals surface area contributed by atoms with Gasteiger partial charge in [-0.25, -0.2) is 4.39 Å². The second-order valence-corrected chi connectivity index (χ2v) is 7.26. The van der Waals surface area contributed by atoms with E-state index in [1.54, 1.807) is 30.3 Å². The largest absolute Gasteiger partial charge is 0.504 e. The van der Waals surface area contributed by atoms with Crippen molar-refractivity contribution < 1.29 is 24.1 Å². The Labute approximate surface area is 175 Å². The molecule has 3 aromatic carbocycles. The fraction of sp³-hybridized carbons (Fsp3) is 0.136. The standard InChI is InChI=1S/C22H17FN4O4/c1-31-18-9-11(8-17(28)22(18)30)14-10-19(29)24-15-6-7-16-21(20(14)15)26-27(25-16)13-4-2-12(23)3-5-13/h2-9,14,28,30H,10H2,1H3,(H,24,29)/t14-/m1/s1. The summed E-state index contributed by atoms with van der Waals surface area (Å²) >= 11 is 0. The van der Waals surface area contributed by atoms with Crippen LogP contribution in [0.15, 0.2) is 48.5 Å². The van der Waals surface area contributed by atoms with E-state index in [9.17, 15) is 19.4 Å². The fourth-order valence-electron chi connectivity index (χ4n) is 3.90. The summed E-state index contributed by atoms with van der Waals surface area (Å²) in [5.41, 5.74) is 3.67. The van der Waals surface area contributed by atoms with Gasteiger partial charge in [0.1, 0.15) is 16.9 Å². The molecule has 0 saturated heterocycles. The maximum Gasteiger partial charge on any atom is 0.225 e. The molecule has 0 aliphatic carbocycles. The number of amides is 1. The highest BCUT2D eigenvalue weighted by molar-refractivity contribution is 6.00. The van der Waals surface area contributed by atoms with E-state index < -0.39 is 5.92 Å². The van der Waals surface area contributed by atoms with E-state index in [0.29, 0.717) is 28.0 Å². The number of hydrogen-bond acceptors (Lipinski definition) is 6. The molecule has 8 nitrogen and oxygen atoms in total. The molecule has 0 unspecified atom stereocenters. The van der Waals surface area contributed by atoms with Crippen LogP contribution in [0, 0.1) is 5.82 Å². The molecule has 1 aliphatic heterocycles. The third-order valence-corrected chi connectivity index (χ3v) is 5.36. The van der Waals surface area contributed by atoms with Crippen LogP contribution in [0.4, 0.5) is 10.1 Å². The maximum atomic E-state index is 13.3. The number of halogens is 1. The van der Waals surface area contributed by atoms with E-state index >= 15 is 0 Å². The number of aromatic hydroxyl groups is 2. The molecule has 4 aromatic rings. The summed E-state index contributed by atoms with van der Waals surface area (Å²) in [4.78, 5) is 13.8. The average molecular weight is 420 g/mol. The molecule has 0 fully saturated rings. The Hall–Kier alpha value is -4.14. The number of nitrogens with one attached hydrogen (secondary N) is 1. The number of hydrogen-bond donors (Lipinski definition) is 3. The molecular formula is C22H17FN4O4. The summed E-state index contributed by atoms with van der Waals surface area (Å²) in [5.74, 6) is -1.61. The van der Waals surface area contributed by atoms with E-state index in [0.717, 1.165) is 5.56 Å². The van der Waals surface area contributed by atoms with Crippen molar-refractivity contribution in [2.24, 2.45) is 0 Å². The van der Waals surface area contributed by atoms with Crippen molar-refractivity contribution in [3.8, 4) is 22.9 Å². The molecule has 0 spiro atoms. The summed E-state index contributed by atoms with van der Waals surface area (Å²) in [6.07, 6.45) is 0.114. The highest BCUT2D eigenvalue weighted by atomic mass is 19.1. The van der Waals surface area contributed by atoms with E-state index in [2.05, 4.69) is 15.5 Å². The molecule has 156 valence electrons. The minimum absolute atomic E-state index is 0.102. The van der Waals surface area contributed by atoms with Crippen molar-refractivity contribution in [3.05, 3.63) is 65.5 Å². The summed E-state index contributed by atoms with van der Waals surface area (Å²) < 4.78 is 18.4. The molecule has 2 heterocycles. The van der Waals surface area contributed by atoms with E-state index in [-0.39, 0.29) is 35.4 Å². The van der Waals surface area contributed by atoms with Crippen molar-refractivity contribution in [1.29, 1.82) is 0 Å². The van der Waals surface area contributed by atoms with Gasteiger partial charge in [-0.15, -0.1) is 10.2 Å². The van der Waals surface area contributed by atoms with Gasteiger partial charge in [0.2, 0.25) is 11.7 Å². The van der Waals surface area contributed by atoms with Crippen molar-refractivity contribution in [2.75, 3.05) is 12.4 Å². The molecule has 1 aliphatic rings. The quantitative estimate of drug-likeness (QED) is 0.438. The van der Waals surface area contributed by atoms with Gasteiger partial charge in [0.05, 0.1) is 12.8 Å². The van der Waals surface area contributed by atoms with Crippen LogP contribution in [0.3, 0.4) is 0 Å². The number of phenolic OH excluding ortho intramolecular Hbond substituents is 2. The smallest absolute Gasteiger partial charge is 0.225 e. The number of nitrogens with zero attached hydrogens (tertiary/aromatic N) is 3. The molecule has 0 saturated carbocycles. The first-order valence-corrected chi connectivity index (χ1v) is 9.50. The SMILES string of the molecule is COc1cc([C@H]2CC(=O)Nc3ccc4nn(-c5ccc(F)cc5)nc4c32)cc(O)c1O. The van der Waals surface area contributed by atoms with Crippen LogP contribution in [0.25, 0.3) is 16.7 Å². The first-order valence-electron chi connectivity index (χ1n) is 9.50. The van der Waals surface area contributed by atoms with Gasteiger partial charge >= 0.3 is 0 Å². The van der Waals surface area contributed by atoms with Gasteiger partial charge in [-0.05, 0) is 54.1 Å². The molecule has 31 heavy (non-hydrogen) atoms. The Balaban J connectivity index is 1.70. The number of phenols is 2. The maximum absolute atomic E-state index is 13.3. The highest BCUT2D eigenvalue weighted by Gasteiger charge is 2.31. The number of carbonyl (C=O) groups is 1. The predicted octanol–water partition coefficient (Wildman–Crippen LogP) is 3.45. The molecule has 0 radical (unpaired) electrons. The Morgan fingerprint density at radius 1 is 1.13 bits per heavy atom. The number of fused-ring (bicyclic) bond motifs is 3. The molecular weight excluding hydrogens is 403 g/mol. The van der Waals surface area contributed by atoms with Crippen molar-refractivity contribution in [2.45, 2.75) is 12.3 Å². The number of anilines is 1. The zero-order chi connectivity index (χ0) is 21.7. The monoisotopic (exact) mass is 420 g/mol. The van der Waals surface area contributed by atoms with Gasteiger partial charge in [0, 0.05) is 23.6 Å². The summed E-state index contributed by atoms with van der Waals surface area (Å²) in [6, 6.07) is 12.3. The van der Waals surface area contributed by atoms with Crippen LogP contribution in [-0.4, -0.2) is 38.2 Å². The lowest BCUT2D eigenvalue weighted by molar-refractivity contribution is -0.116. The van der Waals surface area contributed by atoms with Gasteiger partial charge in [-0.1, -0.05) is 0 Å². The molecule has 9 heteroatoms. The molecule has 0 bridgehead atoms. The van der Waals surface area contributed by atoms with E-state index in [1.807, 2.05) is 0 Å². The zero-order valence-electron chi connectivity index (χ0n) is 16.3. The Kier molecular flexibility index (Phi) is 4.25. The van der Waals surface area contributed by atoms with Crippen LogP contribution in [-0.2, 0) is 4.79 Å². The van der Waals surface area contributed by atoms with Crippen LogP contribution >= 0.6 is 0 Å². The number of ether oxygens (including phenoxy) is 1. The summed E-state index contributed by atoms with van der Waals surface area (Å²) in [7, 11) is 1.38. The lowest BCUT2D eigenvalue weighted by atomic mass is 9.83. The van der Waals surface area contributed by atoms with Gasteiger partial charge in [0.25, 0.3) is 0 Å². The van der Waals surface area contributed by atoms with Gasteiger partial charge < -0.3 is 20.3 Å². The number of methoxy groups -OCH3 is 1. The van der Waals surface area contributed by atoms with Gasteiger partial charge in [-0.2, -0.15) is 4.80 Å². The Morgan fingerprint density at radius 2 is 1.90 bits per heavy atom. The van der Waals surface area contributed by atoms with Crippen LogP contribution in [0.2, 0.25) is 0 Å². The van der Waals surface area contributed by atoms with Crippen LogP contribution < -0.4 is 10.1 Å². The Morgan fingerprint density at radius 3 is 2.65 bits per heavy atom. The third kappa shape index (κ3) is 3.10. The minimum atomic E-state index is -0.453. The lowest BCUT2D eigenvalue weighted by Gasteiger charge is -2.26. The van der Waals surface area contributed by atoms with Crippen molar-refractivity contribution in [3.63, 3.8) is 0 Å². The van der Waals surface area contributed by atoms with Crippen LogP contribution in [0.1, 0.15) is 23.5 Å². The van der Waals surface area contributed by atoms with Crippen molar-refractivity contribution >= 4 is 22.6 Å². The van der Waals surface area contributed by atoms with Crippen LogP contribution in [0.5, 0.6) is 17.2 Å². The number of aromatic nitrogens is 3. The fourth-order valence-corrected chi connectivity index (χ4v) is 3.90. The second kappa shape index (κ2) is 6.98. The Bertz CT molecular complexity index is 1330. The zero-order valence-corrected chi connectivity index (χ0v) is 16.3. The number of carbonyl (C=O) groups excluding carboxylic acids is 1. The molecule has 3 N–H and O–H groups in total. The van der Waals surface area contributed by atoms with Crippen molar-refractivity contribution in [1.82, 2.24) is 15.0 Å². The predicted molar refractivity (Wildman–Crippen MR) is 110 cm³/mol. The lowest BCUT2D eigenvalue weighted by Crippen LogP contribution is -2.23. The first-order chi connectivity index (χ1) is 14.9. The highest BCUT2D eigenvalue weighted by Crippen LogP contribution is 2.45. The third-order valence-electron chi connectivity index (χ3n) is 5.36. The second-order valence-electron chi connectivity index (χ2n) is 7.26. The molecule has 1 atom stereocenters. The van der Waals surface area contributed by atoms with E-state index in [4.69, 9.17) is 4.74 Å². The molecule has 1 amide bonds. The number of rotatable bonds is 3. The first kappa shape index (κ1) is 18.9. The average Bonchev–Trinajstić information content (AvgIpc) is 3.19. The minimum Gasteiger partial charge on any atom is -0.504 e.